The molecule has 35 heavy (non-hydrogen) atoms. The van der Waals surface area contributed by atoms with Gasteiger partial charge in [-0.25, -0.2) is 12.8 Å². The van der Waals surface area contributed by atoms with Crippen molar-refractivity contribution in [2.24, 2.45) is 5.41 Å². The van der Waals surface area contributed by atoms with E-state index in [-0.39, 0.29) is 21.3 Å². The zero-order chi connectivity index (χ0) is 25.0. The molecule has 2 aliphatic rings. The molecule has 2 aromatic heterocycles. The third kappa shape index (κ3) is 5.08. The number of halogens is 2. The molecule has 10 heteroatoms. The zero-order valence-electron chi connectivity index (χ0n) is 19.4. The van der Waals surface area contributed by atoms with Crippen LogP contribution in [0.4, 0.5) is 15.8 Å². The van der Waals surface area contributed by atoms with Gasteiger partial charge in [-0.3, -0.25) is 9.78 Å². The molecule has 1 saturated carbocycles. The van der Waals surface area contributed by atoms with E-state index in [1.54, 1.807) is 12.3 Å². The zero-order valence-corrected chi connectivity index (χ0v) is 21.8. The van der Waals surface area contributed by atoms with Gasteiger partial charge in [0.25, 0.3) is 5.91 Å². The maximum absolute atomic E-state index is 15.1. The van der Waals surface area contributed by atoms with Gasteiger partial charge in [-0.1, -0.05) is 11.6 Å². The van der Waals surface area contributed by atoms with Crippen LogP contribution in [0.15, 0.2) is 41.4 Å². The van der Waals surface area contributed by atoms with Crippen molar-refractivity contribution < 1.29 is 17.6 Å². The average molecular weight is 534 g/mol. The molecule has 2 fully saturated rings. The van der Waals surface area contributed by atoms with Crippen molar-refractivity contribution in [3.63, 3.8) is 0 Å². The second kappa shape index (κ2) is 8.87. The standard InChI is InChI=1S/C25H25ClFN3O3S2/c1-15-20(23-21(27)12-18(14-28-23)30-7-5-25(3-4-25)6-8-30)13-22(34-15)24(31)29-17-9-16(26)10-19(11-17)35(2,32)33/h9-14H,3-8H2,1-2H3,(H,29,31). The molecular weight excluding hydrogens is 509 g/mol. The Morgan fingerprint density at radius 2 is 1.86 bits per heavy atom. The number of pyridine rings is 1. The van der Waals surface area contributed by atoms with Crippen molar-refractivity contribution in [2.75, 3.05) is 29.6 Å². The molecule has 1 aromatic carbocycles. The smallest absolute Gasteiger partial charge is 0.265 e. The Labute approximate surface area is 213 Å². The summed E-state index contributed by atoms with van der Waals surface area (Å²) in [5.74, 6) is -0.861. The van der Waals surface area contributed by atoms with Crippen molar-refractivity contribution in [1.29, 1.82) is 0 Å². The minimum absolute atomic E-state index is 0.00992. The fourth-order valence-corrected chi connectivity index (χ4v) is 6.48. The highest BCUT2D eigenvalue weighted by atomic mass is 35.5. The molecule has 1 spiro atoms. The second-order valence-corrected chi connectivity index (χ2v) is 13.2. The summed E-state index contributed by atoms with van der Waals surface area (Å²) in [7, 11) is -3.49. The first-order valence-corrected chi connectivity index (χ1v) is 14.4. The van der Waals surface area contributed by atoms with E-state index >= 15 is 4.39 Å². The number of thiophene rings is 1. The lowest BCUT2D eigenvalue weighted by Gasteiger charge is -2.33. The van der Waals surface area contributed by atoms with Gasteiger partial charge < -0.3 is 10.2 Å². The maximum Gasteiger partial charge on any atom is 0.265 e. The minimum Gasteiger partial charge on any atom is -0.370 e. The highest BCUT2D eigenvalue weighted by molar-refractivity contribution is 7.90. The molecule has 1 amide bonds. The molecule has 0 bridgehead atoms. The van der Waals surface area contributed by atoms with Gasteiger partial charge in [-0.05, 0) is 62.3 Å². The molecule has 6 nitrogen and oxygen atoms in total. The molecule has 0 radical (unpaired) electrons. The summed E-state index contributed by atoms with van der Waals surface area (Å²) < 4.78 is 38.9. The van der Waals surface area contributed by atoms with Crippen LogP contribution in [-0.2, 0) is 9.84 Å². The molecule has 5 rings (SSSR count). The van der Waals surface area contributed by atoms with Crippen molar-refractivity contribution in [3.8, 4) is 11.3 Å². The summed E-state index contributed by atoms with van der Waals surface area (Å²) in [5.41, 5.74) is 2.36. The van der Waals surface area contributed by atoms with Gasteiger partial charge in [0.05, 0.1) is 21.7 Å². The van der Waals surface area contributed by atoms with Crippen molar-refractivity contribution >= 4 is 50.1 Å². The first-order chi connectivity index (χ1) is 16.5. The molecule has 1 aliphatic carbocycles. The van der Waals surface area contributed by atoms with Gasteiger partial charge in [-0.15, -0.1) is 11.3 Å². The molecular formula is C25H25ClFN3O3S2. The Morgan fingerprint density at radius 1 is 1.14 bits per heavy atom. The second-order valence-electron chi connectivity index (χ2n) is 9.49. The number of sulfone groups is 1. The van der Waals surface area contributed by atoms with Gasteiger partial charge in [0.2, 0.25) is 0 Å². The molecule has 3 heterocycles. The number of nitrogens with zero attached hydrogens (tertiary/aromatic N) is 2. The molecule has 1 aliphatic heterocycles. The molecule has 1 N–H and O–H groups in total. The Bertz CT molecular complexity index is 1420. The molecule has 0 atom stereocenters. The van der Waals surface area contributed by atoms with E-state index in [0.717, 1.165) is 42.8 Å². The van der Waals surface area contributed by atoms with Crippen LogP contribution >= 0.6 is 22.9 Å². The van der Waals surface area contributed by atoms with Crippen molar-refractivity contribution in [3.05, 3.63) is 57.1 Å². The van der Waals surface area contributed by atoms with E-state index in [4.69, 9.17) is 11.6 Å². The summed E-state index contributed by atoms with van der Waals surface area (Å²) in [6.07, 6.45) is 7.71. The van der Waals surface area contributed by atoms with E-state index in [9.17, 15) is 13.2 Å². The lowest BCUT2D eigenvalue weighted by atomic mass is 9.93. The number of amides is 1. The SMILES string of the molecule is Cc1sc(C(=O)Nc2cc(Cl)cc(S(C)(=O)=O)c2)cc1-c1ncc(N2CCC3(CC2)CC3)cc1F. The van der Waals surface area contributed by atoms with Crippen LogP contribution in [0.25, 0.3) is 11.3 Å². The lowest BCUT2D eigenvalue weighted by Crippen LogP contribution is -2.34. The van der Waals surface area contributed by atoms with Crippen molar-refractivity contribution in [1.82, 2.24) is 4.98 Å². The third-order valence-electron chi connectivity index (χ3n) is 6.93. The van der Waals surface area contributed by atoms with E-state index < -0.39 is 21.6 Å². The van der Waals surface area contributed by atoms with Gasteiger partial charge in [-0.2, -0.15) is 0 Å². The van der Waals surface area contributed by atoms with Crippen LogP contribution in [0.2, 0.25) is 5.02 Å². The largest absolute Gasteiger partial charge is 0.370 e. The lowest BCUT2D eigenvalue weighted by molar-refractivity contribution is 0.103. The number of benzene rings is 1. The Hall–Kier alpha value is -2.49. The number of aryl methyl sites for hydroxylation is 1. The Morgan fingerprint density at radius 3 is 2.49 bits per heavy atom. The number of hydrogen-bond donors (Lipinski definition) is 1. The van der Waals surface area contributed by atoms with Gasteiger partial charge in [0.15, 0.2) is 15.7 Å². The highest BCUT2D eigenvalue weighted by Crippen LogP contribution is 2.54. The normalized spacial score (nSPS) is 17.0. The maximum atomic E-state index is 15.1. The summed E-state index contributed by atoms with van der Waals surface area (Å²) >= 11 is 7.25. The molecule has 1 saturated heterocycles. The summed E-state index contributed by atoms with van der Waals surface area (Å²) in [6.45, 7) is 3.66. The van der Waals surface area contributed by atoms with Gasteiger partial charge in [0, 0.05) is 46.6 Å². The van der Waals surface area contributed by atoms with Gasteiger partial charge in [0.1, 0.15) is 5.69 Å². The average Bonchev–Trinajstić information content (AvgIpc) is 3.43. The van der Waals surface area contributed by atoms with Crippen LogP contribution in [0.3, 0.4) is 0 Å². The number of nitrogens with one attached hydrogen (secondary N) is 1. The fraction of sp³-hybridized carbons (Fsp3) is 0.360. The van der Waals surface area contributed by atoms with E-state index in [0.29, 0.717) is 15.9 Å². The quantitative estimate of drug-likeness (QED) is 0.438. The number of aromatic nitrogens is 1. The van der Waals surface area contributed by atoms with Crippen LogP contribution in [0, 0.1) is 18.2 Å². The van der Waals surface area contributed by atoms with Crippen LogP contribution in [0.5, 0.6) is 0 Å². The van der Waals surface area contributed by atoms with Gasteiger partial charge >= 0.3 is 0 Å². The van der Waals surface area contributed by atoms with Crippen LogP contribution in [-0.4, -0.2) is 38.7 Å². The Balaban J connectivity index is 1.35. The molecule has 184 valence electrons. The van der Waals surface area contributed by atoms with Crippen molar-refractivity contribution in [2.45, 2.75) is 37.5 Å². The number of carbonyl (C=O) groups is 1. The van der Waals surface area contributed by atoms with Crippen LogP contribution in [0.1, 0.15) is 40.2 Å². The number of carbonyl (C=O) groups excluding carboxylic acids is 1. The number of rotatable bonds is 5. The first-order valence-electron chi connectivity index (χ1n) is 11.4. The summed E-state index contributed by atoms with van der Waals surface area (Å²) in [6, 6.07) is 7.29. The third-order valence-corrected chi connectivity index (χ3v) is 9.29. The van der Waals surface area contributed by atoms with E-state index in [2.05, 4.69) is 15.2 Å². The number of piperidine rings is 1. The van der Waals surface area contributed by atoms with E-state index in [1.807, 2.05) is 6.92 Å². The topological polar surface area (TPSA) is 79.4 Å². The molecule has 0 unspecified atom stereocenters. The van der Waals surface area contributed by atoms with E-state index in [1.165, 1.54) is 48.4 Å². The molecule has 3 aromatic rings. The fourth-order valence-electron chi connectivity index (χ4n) is 4.59. The monoisotopic (exact) mass is 533 g/mol. The summed E-state index contributed by atoms with van der Waals surface area (Å²) in [4.78, 5) is 20.6. The number of anilines is 2. The highest BCUT2D eigenvalue weighted by Gasteiger charge is 2.44. The minimum atomic E-state index is -3.49. The Kier molecular flexibility index (Phi) is 6.14. The number of hydrogen-bond acceptors (Lipinski definition) is 6. The predicted molar refractivity (Wildman–Crippen MR) is 138 cm³/mol. The first kappa shape index (κ1) is 24.2. The predicted octanol–water partition coefficient (Wildman–Crippen LogP) is 5.95. The van der Waals surface area contributed by atoms with Crippen LogP contribution < -0.4 is 10.2 Å². The summed E-state index contributed by atoms with van der Waals surface area (Å²) in [5, 5.41) is 2.88.